The van der Waals surface area contributed by atoms with Gasteiger partial charge < -0.3 is 19.1 Å². The summed E-state index contributed by atoms with van der Waals surface area (Å²) in [6.07, 6.45) is -1.32. The molecule has 2 aliphatic rings. The molecule has 2 aromatic heterocycles. The van der Waals surface area contributed by atoms with Crippen molar-refractivity contribution in [3.05, 3.63) is 48.2 Å². The van der Waals surface area contributed by atoms with Gasteiger partial charge >= 0.3 is 6.18 Å². The van der Waals surface area contributed by atoms with E-state index in [9.17, 15) is 18.0 Å². The first-order valence-corrected chi connectivity index (χ1v) is 11.6. The molecule has 3 aromatic rings. The summed E-state index contributed by atoms with van der Waals surface area (Å²) in [6, 6.07) is 10.7. The number of aromatic nitrogens is 2. The number of hydrogen-bond acceptors (Lipinski definition) is 6. The number of halogens is 3. The molecule has 10 heteroatoms. The van der Waals surface area contributed by atoms with Crippen molar-refractivity contribution < 1.29 is 22.4 Å². The van der Waals surface area contributed by atoms with Crippen molar-refractivity contribution in [3.8, 4) is 0 Å². The van der Waals surface area contributed by atoms with Gasteiger partial charge in [-0.1, -0.05) is 12.1 Å². The Hall–Kier alpha value is -3.30. The van der Waals surface area contributed by atoms with Gasteiger partial charge in [0, 0.05) is 51.4 Å². The lowest BCUT2D eigenvalue weighted by atomic mass is 9.95. The molecule has 1 aromatic carbocycles. The maximum Gasteiger partial charge on any atom is 0.417 e. The second-order valence-electron chi connectivity index (χ2n) is 8.79. The molecular weight excluding hydrogens is 447 g/mol. The number of fused-ring (bicyclic) bond motifs is 1. The second kappa shape index (κ2) is 9.15. The summed E-state index contributed by atoms with van der Waals surface area (Å²) in [5, 5.41) is 0. The number of para-hydroxylation sites is 2. The lowest BCUT2D eigenvalue weighted by Gasteiger charge is -2.33. The number of carbonyl (C=O) groups excluding carboxylic acids is 1. The highest BCUT2D eigenvalue weighted by Gasteiger charge is 2.32. The number of hydrogen-bond donors (Lipinski definition) is 0. The fraction of sp³-hybridized carbons (Fsp3) is 0.458. The Kier molecular flexibility index (Phi) is 6.05. The number of alkyl halides is 3. The van der Waals surface area contributed by atoms with E-state index in [1.165, 1.54) is 6.07 Å². The minimum Gasteiger partial charge on any atom is -0.423 e. The number of amides is 1. The molecule has 0 atom stereocenters. The molecule has 0 N–H and O–H groups in total. The van der Waals surface area contributed by atoms with E-state index in [0.717, 1.165) is 42.6 Å². The van der Waals surface area contributed by atoms with Crippen molar-refractivity contribution in [1.29, 1.82) is 0 Å². The second-order valence-corrected chi connectivity index (χ2v) is 8.79. The van der Waals surface area contributed by atoms with Crippen LogP contribution in [0.1, 0.15) is 24.8 Å². The first-order chi connectivity index (χ1) is 16.4. The van der Waals surface area contributed by atoms with Crippen LogP contribution in [0.15, 0.2) is 47.0 Å². The molecule has 0 unspecified atom stereocenters. The molecular formula is C24H26F3N5O2. The van der Waals surface area contributed by atoms with Crippen LogP contribution in [0.4, 0.5) is 25.0 Å². The van der Waals surface area contributed by atoms with Gasteiger partial charge in [-0.25, -0.2) is 4.98 Å². The Labute approximate surface area is 195 Å². The van der Waals surface area contributed by atoms with E-state index in [2.05, 4.69) is 14.9 Å². The zero-order valence-electron chi connectivity index (χ0n) is 18.7. The summed E-state index contributed by atoms with van der Waals surface area (Å²) in [7, 11) is 0. The SMILES string of the molecule is O=C(C1CCN(c2nc3ccccc3o2)CC1)N1CCCN(c2ccc(C(F)(F)F)cn2)CC1. The Balaban J connectivity index is 1.16. The monoisotopic (exact) mass is 473 g/mol. The lowest BCUT2D eigenvalue weighted by molar-refractivity contribution is -0.138. The number of benzene rings is 1. The van der Waals surface area contributed by atoms with Crippen molar-refractivity contribution in [3.63, 3.8) is 0 Å². The quantitative estimate of drug-likeness (QED) is 0.568. The van der Waals surface area contributed by atoms with E-state index in [-0.39, 0.29) is 11.8 Å². The van der Waals surface area contributed by atoms with Gasteiger partial charge in [0.15, 0.2) is 5.58 Å². The average Bonchev–Trinajstić information content (AvgIpc) is 3.13. The number of carbonyl (C=O) groups is 1. The smallest absolute Gasteiger partial charge is 0.417 e. The fourth-order valence-electron chi connectivity index (χ4n) is 4.68. The van der Waals surface area contributed by atoms with E-state index < -0.39 is 11.7 Å². The number of nitrogens with zero attached hydrogens (tertiary/aromatic N) is 5. The third kappa shape index (κ3) is 4.67. The maximum absolute atomic E-state index is 13.2. The van der Waals surface area contributed by atoms with Crippen LogP contribution < -0.4 is 9.80 Å². The van der Waals surface area contributed by atoms with E-state index in [1.54, 1.807) is 0 Å². The maximum atomic E-state index is 13.2. The van der Waals surface area contributed by atoms with Crippen LogP contribution >= 0.6 is 0 Å². The molecule has 180 valence electrons. The zero-order chi connectivity index (χ0) is 23.7. The normalized spacial score (nSPS) is 18.4. The summed E-state index contributed by atoms with van der Waals surface area (Å²) in [5.41, 5.74) is 0.826. The van der Waals surface area contributed by atoms with Gasteiger partial charge in [-0.05, 0) is 43.5 Å². The van der Waals surface area contributed by atoms with Crippen LogP contribution in [0.5, 0.6) is 0 Å². The summed E-state index contributed by atoms with van der Waals surface area (Å²) in [5.74, 6) is 0.616. The molecule has 1 amide bonds. The molecule has 5 rings (SSSR count). The van der Waals surface area contributed by atoms with E-state index in [0.29, 0.717) is 51.1 Å². The molecule has 2 saturated heterocycles. The van der Waals surface area contributed by atoms with Crippen molar-refractivity contribution in [2.75, 3.05) is 49.1 Å². The molecule has 0 saturated carbocycles. The first-order valence-electron chi connectivity index (χ1n) is 11.6. The molecule has 7 nitrogen and oxygen atoms in total. The highest BCUT2D eigenvalue weighted by Crippen LogP contribution is 2.30. The van der Waals surface area contributed by atoms with Gasteiger partial charge in [0.2, 0.25) is 5.91 Å². The largest absolute Gasteiger partial charge is 0.423 e. The third-order valence-electron chi connectivity index (χ3n) is 6.60. The number of rotatable bonds is 3. The molecule has 34 heavy (non-hydrogen) atoms. The van der Waals surface area contributed by atoms with Crippen LogP contribution in [-0.2, 0) is 11.0 Å². The topological polar surface area (TPSA) is 65.7 Å². The van der Waals surface area contributed by atoms with Crippen LogP contribution in [0, 0.1) is 5.92 Å². The fourth-order valence-corrected chi connectivity index (χ4v) is 4.68. The Morgan fingerprint density at radius 1 is 0.941 bits per heavy atom. The van der Waals surface area contributed by atoms with Gasteiger partial charge in [0.05, 0.1) is 5.56 Å². The van der Waals surface area contributed by atoms with Gasteiger partial charge in [-0.3, -0.25) is 4.79 Å². The summed E-state index contributed by atoms with van der Waals surface area (Å²) < 4.78 is 44.3. The molecule has 2 fully saturated rings. The molecule has 4 heterocycles. The summed E-state index contributed by atoms with van der Waals surface area (Å²) in [4.78, 5) is 27.7. The standard InChI is InChI=1S/C24H26F3N5O2/c25-24(26,27)18-6-7-21(28-16-18)30-10-3-11-31(15-14-30)22(33)17-8-12-32(13-9-17)23-29-19-4-1-2-5-20(19)34-23/h1-2,4-7,16-17H,3,8-15H2. The zero-order valence-corrected chi connectivity index (χ0v) is 18.7. The predicted molar refractivity (Wildman–Crippen MR) is 122 cm³/mol. The summed E-state index contributed by atoms with van der Waals surface area (Å²) >= 11 is 0. The highest BCUT2D eigenvalue weighted by molar-refractivity contribution is 5.79. The average molecular weight is 473 g/mol. The Morgan fingerprint density at radius 3 is 2.44 bits per heavy atom. The van der Waals surface area contributed by atoms with Crippen LogP contribution in [0.25, 0.3) is 11.1 Å². The van der Waals surface area contributed by atoms with E-state index in [1.807, 2.05) is 34.1 Å². The lowest BCUT2D eigenvalue weighted by Crippen LogP contribution is -2.44. The van der Waals surface area contributed by atoms with Gasteiger partial charge in [-0.15, -0.1) is 0 Å². The van der Waals surface area contributed by atoms with Crippen molar-refractivity contribution >= 4 is 28.8 Å². The van der Waals surface area contributed by atoms with Gasteiger partial charge in [-0.2, -0.15) is 18.2 Å². The highest BCUT2D eigenvalue weighted by atomic mass is 19.4. The minimum absolute atomic E-state index is 0.0450. The number of pyridine rings is 1. The minimum atomic E-state index is -4.40. The number of anilines is 2. The number of oxazole rings is 1. The van der Waals surface area contributed by atoms with Crippen molar-refractivity contribution in [1.82, 2.24) is 14.9 Å². The molecule has 0 bridgehead atoms. The molecule has 0 radical (unpaired) electrons. The van der Waals surface area contributed by atoms with Crippen LogP contribution in [-0.4, -0.2) is 60.0 Å². The van der Waals surface area contributed by atoms with E-state index in [4.69, 9.17) is 4.42 Å². The van der Waals surface area contributed by atoms with Crippen LogP contribution in [0.3, 0.4) is 0 Å². The van der Waals surface area contributed by atoms with Gasteiger partial charge in [0.1, 0.15) is 11.3 Å². The molecule has 2 aliphatic heterocycles. The molecule has 0 spiro atoms. The van der Waals surface area contributed by atoms with Crippen LogP contribution in [0.2, 0.25) is 0 Å². The molecule has 0 aliphatic carbocycles. The Morgan fingerprint density at radius 2 is 1.74 bits per heavy atom. The van der Waals surface area contributed by atoms with Gasteiger partial charge in [0.25, 0.3) is 6.01 Å². The third-order valence-corrected chi connectivity index (χ3v) is 6.60. The van der Waals surface area contributed by atoms with Crippen molar-refractivity contribution in [2.45, 2.75) is 25.4 Å². The van der Waals surface area contributed by atoms with Crippen molar-refractivity contribution in [2.24, 2.45) is 5.92 Å². The Bertz CT molecular complexity index is 1110. The first kappa shape index (κ1) is 22.5. The summed E-state index contributed by atoms with van der Waals surface area (Å²) in [6.45, 7) is 3.79. The number of piperidine rings is 1. The van der Waals surface area contributed by atoms with E-state index >= 15 is 0 Å². The predicted octanol–water partition coefficient (Wildman–Crippen LogP) is 4.20.